The van der Waals surface area contributed by atoms with E-state index >= 15 is 0 Å². The van der Waals surface area contributed by atoms with Crippen LogP contribution in [0.2, 0.25) is 0 Å². The van der Waals surface area contributed by atoms with Gasteiger partial charge >= 0.3 is 5.97 Å². The quantitative estimate of drug-likeness (QED) is 0.151. The van der Waals surface area contributed by atoms with Crippen LogP contribution in [0.15, 0.2) is 42.0 Å². The number of allylic oxidation sites excluding steroid dienone is 1. The normalized spacial score (nSPS) is 17.3. The molecule has 0 aliphatic carbocycles. The molecule has 0 N–H and O–H groups in total. The smallest absolute Gasteiger partial charge is 0.338 e. The monoisotopic (exact) mass is 398 g/mol. The van der Waals surface area contributed by atoms with Crippen molar-refractivity contribution in [3.05, 3.63) is 47.5 Å². The lowest BCUT2D eigenvalue weighted by Gasteiger charge is -2.29. The standard InChI is InChI=1S/C27H42O2/c1-2-3-4-5-6-7-8-9-10-11-18-23-26-25(27(28)29-26)22-17-13-16-21-24-19-14-12-15-20-24/h12,14-15,19-20,22,26H,2-11,13,16-18,21,23H2,1H3. The summed E-state index contributed by atoms with van der Waals surface area (Å²) >= 11 is 0. The lowest BCUT2D eigenvalue weighted by atomic mass is 9.96. The third kappa shape index (κ3) is 10.1. The van der Waals surface area contributed by atoms with Crippen molar-refractivity contribution in [1.82, 2.24) is 0 Å². The number of carbonyl (C=O) groups is 1. The molecular weight excluding hydrogens is 356 g/mol. The summed E-state index contributed by atoms with van der Waals surface area (Å²) in [5.74, 6) is -0.0823. The zero-order valence-corrected chi connectivity index (χ0v) is 18.7. The number of rotatable bonds is 17. The third-order valence-corrected chi connectivity index (χ3v) is 6.03. The summed E-state index contributed by atoms with van der Waals surface area (Å²) in [6.45, 7) is 2.27. The van der Waals surface area contributed by atoms with Crippen LogP contribution in [0.3, 0.4) is 0 Å². The molecule has 0 aromatic heterocycles. The molecule has 1 aromatic carbocycles. The van der Waals surface area contributed by atoms with E-state index in [0.717, 1.165) is 31.3 Å². The number of carbonyl (C=O) groups excluding carboxylic acids is 1. The Kier molecular flexibility index (Phi) is 12.5. The van der Waals surface area contributed by atoms with Crippen LogP contribution in [-0.2, 0) is 16.0 Å². The van der Waals surface area contributed by atoms with Crippen LogP contribution < -0.4 is 0 Å². The molecule has 1 aromatic rings. The zero-order valence-electron chi connectivity index (χ0n) is 18.7. The predicted molar refractivity (Wildman–Crippen MR) is 123 cm³/mol. The van der Waals surface area contributed by atoms with Crippen molar-refractivity contribution in [2.45, 2.75) is 116 Å². The van der Waals surface area contributed by atoms with E-state index in [1.54, 1.807) is 0 Å². The van der Waals surface area contributed by atoms with E-state index in [2.05, 4.69) is 43.3 Å². The van der Waals surface area contributed by atoms with Crippen molar-refractivity contribution in [2.75, 3.05) is 0 Å². The Morgan fingerprint density at radius 1 is 0.793 bits per heavy atom. The van der Waals surface area contributed by atoms with E-state index in [4.69, 9.17) is 4.74 Å². The molecule has 0 radical (unpaired) electrons. The van der Waals surface area contributed by atoms with Gasteiger partial charge in [-0.2, -0.15) is 0 Å². The van der Waals surface area contributed by atoms with Gasteiger partial charge in [0.25, 0.3) is 0 Å². The fraction of sp³-hybridized carbons (Fsp3) is 0.667. The molecule has 1 saturated heterocycles. The van der Waals surface area contributed by atoms with Gasteiger partial charge in [-0.15, -0.1) is 0 Å². The number of aryl methyl sites for hydroxylation is 1. The van der Waals surface area contributed by atoms with Crippen molar-refractivity contribution in [3.63, 3.8) is 0 Å². The first-order valence-electron chi connectivity index (χ1n) is 12.3. The van der Waals surface area contributed by atoms with Crippen molar-refractivity contribution in [1.29, 1.82) is 0 Å². The van der Waals surface area contributed by atoms with Crippen LogP contribution in [0.5, 0.6) is 0 Å². The van der Waals surface area contributed by atoms with Crippen molar-refractivity contribution < 1.29 is 9.53 Å². The van der Waals surface area contributed by atoms with E-state index in [9.17, 15) is 4.79 Å². The maximum atomic E-state index is 11.7. The lowest BCUT2D eigenvalue weighted by Crippen LogP contribution is -2.36. The Balaban J connectivity index is 1.45. The van der Waals surface area contributed by atoms with Crippen LogP contribution in [0.1, 0.15) is 109 Å². The van der Waals surface area contributed by atoms with Gasteiger partial charge in [-0.05, 0) is 44.1 Å². The molecule has 1 atom stereocenters. The van der Waals surface area contributed by atoms with Gasteiger partial charge < -0.3 is 4.74 Å². The van der Waals surface area contributed by atoms with Gasteiger partial charge in [0, 0.05) is 0 Å². The first-order chi connectivity index (χ1) is 14.3. The summed E-state index contributed by atoms with van der Waals surface area (Å²) in [5, 5.41) is 0. The van der Waals surface area contributed by atoms with E-state index in [-0.39, 0.29) is 12.1 Å². The first kappa shape index (κ1) is 23.7. The van der Waals surface area contributed by atoms with E-state index in [0.29, 0.717) is 0 Å². The maximum absolute atomic E-state index is 11.7. The van der Waals surface area contributed by atoms with Crippen LogP contribution >= 0.6 is 0 Å². The fourth-order valence-corrected chi connectivity index (χ4v) is 4.13. The Hall–Kier alpha value is -1.57. The molecular formula is C27H42O2. The molecule has 1 unspecified atom stereocenters. The highest BCUT2D eigenvalue weighted by Gasteiger charge is 2.34. The fourth-order valence-electron chi connectivity index (χ4n) is 4.13. The number of hydrogen-bond acceptors (Lipinski definition) is 2. The molecule has 162 valence electrons. The molecule has 1 fully saturated rings. The van der Waals surface area contributed by atoms with Crippen LogP contribution in [0.25, 0.3) is 0 Å². The van der Waals surface area contributed by atoms with Crippen molar-refractivity contribution >= 4 is 5.97 Å². The summed E-state index contributed by atoms with van der Waals surface area (Å²) in [7, 11) is 0. The Labute approximate surface area is 179 Å². The van der Waals surface area contributed by atoms with E-state index in [1.807, 2.05) is 0 Å². The second-order valence-corrected chi connectivity index (χ2v) is 8.61. The van der Waals surface area contributed by atoms with Crippen LogP contribution in [0.4, 0.5) is 0 Å². The van der Waals surface area contributed by atoms with Gasteiger partial charge in [0.1, 0.15) is 6.10 Å². The van der Waals surface area contributed by atoms with Gasteiger partial charge in [-0.3, -0.25) is 0 Å². The van der Waals surface area contributed by atoms with Gasteiger partial charge in [0.05, 0.1) is 5.57 Å². The van der Waals surface area contributed by atoms with E-state index in [1.165, 1.54) is 82.6 Å². The number of cyclic esters (lactones) is 1. The second-order valence-electron chi connectivity index (χ2n) is 8.61. The summed E-state index contributed by atoms with van der Waals surface area (Å²) in [5.41, 5.74) is 2.34. The van der Waals surface area contributed by atoms with Gasteiger partial charge in [-0.1, -0.05) is 108 Å². The maximum Gasteiger partial charge on any atom is 0.338 e. The highest BCUT2D eigenvalue weighted by atomic mass is 16.6. The topological polar surface area (TPSA) is 26.3 Å². The summed E-state index contributed by atoms with van der Waals surface area (Å²) < 4.78 is 5.36. The van der Waals surface area contributed by atoms with Crippen LogP contribution in [0, 0.1) is 0 Å². The molecule has 0 amide bonds. The summed E-state index contributed by atoms with van der Waals surface area (Å²) in [6, 6.07) is 10.6. The molecule has 0 saturated carbocycles. The summed E-state index contributed by atoms with van der Waals surface area (Å²) in [4.78, 5) is 11.7. The molecule has 1 heterocycles. The Morgan fingerprint density at radius 2 is 1.41 bits per heavy atom. The second kappa shape index (κ2) is 15.3. The zero-order chi connectivity index (χ0) is 20.6. The van der Waals surface area contributed by atoms with Gasteiger partial charge in [0.15, 0.2) is 0 Å². The predicted octanol–water partition coefficient (Wildman–Crippen LogP) is 7.95. The molecule has 29 heavy (non-hydrogen) atoms. The molecule has 2 heteroatoms. The minimum Gasteiger partial charge on any atom is -0.454 e. The Morgan fingerprint density at radius 3 is 2.03 bits per heavy atom. The number of esters is 1. The minimum atomic E-state index is -0.0823. The average Bonchev–Trinajstić information content (AvgIpc) is 2.74. The molecule has 2 nitrogen and oxygen atoms in total. The van der Waals surface area contributed by atoms with Crippen molar-refractivity contribution in [2.24, 2.45) is 0 Å². The third-order valence-electron chi connectivity index (χ3n) is 6.03. The number of hydrogen-bond donors (Lipinski definition) is 0. The SMILES string of the molecule is CCCCCCCCCCCCCC1OC(=O)C1=CCCCCc1ccccc1. The van der Waals surface area contributed by atoms with E-state index < -0.39 is 0 Å². The highest BCUT2D eigenvalue weighted by molar-refractivity contribution is 5.95. The first-order valence-corrected chi connectivity index (χ1v) is 12.3. The molecule has 0 bridgehead atoms. The molecule has 0 spiro atoms. The lowest BCUT2D eigenvalue weighted by molar-refractivity contribution is -0.156. The number of benzene rings is 1. The minimum absolute atomic E-state index is 0.0789. The average molecular weight is 399 g/mol. The van der Waals surface area contributed by atoms with Gasteiger partial charge in [-0.25, -0.2) is 4.79 Å². The summed E-state index contributed by atoms with van der Waals surface area (Å²) in [6.07, 6.45) is 22.6. The highest BCUT2D eigenvalue weighted by Crippen LogP contribution is 2.27. The Bertz CT molecular complexity index is 575. The number of ether oxygens (including phenoxy) is 1. The molecule has 1 aliphatic heterocycles. The number of unbranched alkanes of at least 4 members (excludes halogenated alkanes) is 12. The van der Waals surface area contributed by atoms with Crippen LogP contribution in [-0.4, -0.2) is 12.1 Å². The largest absolute Gasteiger partial charge is 0.454 e. The molecule has 1 aliphatic rings. The van der Waals surface area contributed by atoms with Crippen molar-refractivity contribution in [3.8, 4) is 0 Å². The molecule has 2 rings (SSSR count). The van der Waals surface area contributed by atoms with Gasteiger partial charge in [0.2, 0.25) is 0 Å².